The Kier molecular flexibility index (Phi) is 11.0. The van der Waals surface area contributed by atoms with E-state index in [9.17, 15) is 14.4 Å². The molecule has 2 N–H and O–H groups in total. The van der Waals surface area contributed by atoms with Crippen molar-refractivity contribution in [2.75, 3.05) is 31.0 Å². The van der Waals surface area contributed by atoms with E-state index in [2.05, 4.69) is 15.8 Å². The van der Waals surface area contributed by atoms with Crippen LogP contribution in [0.5, 0.6) is 17.2 Å². The summed E-state index contributed by atoms with van der Waals surface area (Å²) in [7, 11) is 2.98. The van der Waals surface area contributed by atoms with Crippen LogP contribution in [0.3, 0.4) is 0 Å². The molecular weight excluding hydrogens is 540 g/mol. The van der Waals surface area contributed by atoms with E-state index in [4.69, 9.17) is 18.7 Å². The number of carbonyl (C=O) groups excluding carboxylic acids is 3. The summed E-state index contributed by atoms with van der Waals surface area (Å²) >= 11 is 0. The number of anilines is 2. The number of nitrogens with one attached hydrogen (secondary N) is 2. The van der Waals surface area contributed by atoms with Gasteiger partial charge in [0.25, 0.3) is 0 Å². The summed E-state index contributed by atoms with van der Waals surface area (Å²) in [6, 6.07) is 12.5. The van der Waals surface area contributed by atoms with Gasteiger partial charge in [-0.25, -0.2) is 0 Å². The van der Waals surface area contributed by atoms with Crippen molar-refractivity contribution < 1.29 is 33.1 Å². The predicted octanol–water partition coefficient (Wildman–Crippen LogP) is 5.20. The molecule has 1 heterocycles. The normalized spacial score (nSPS) is 11.8. The minimum absolute atomic E-state index is 0.150. The maximum atomic E-state index is 14.1. The lowest BCUT2D eigenvalue weighted by Crippen LogP contribution is -2.50. The van der Waals surface area contributed by atoms with E-state index in [1.54, 1.807) is 55.5 Å². The second-order valence-corrected chi connectivity index (χ2v) is 10.3. The van der Waals surface area contributed by atoms with Crippen LogP contribution in [0, 0.1) is 6.92 Å². The number of ether oxygens (including phenoxy) is 3. The molecule has 11 heteroatoms. The molecule has 0 saturated carbocycles. The van der Waals surface area contributed by atoms with Crippen LogP contribution in [0.1, 0.15) is 64.3 Å². The van der Waals surface area contributed by atoms with Crippen molar-refractivity contribution in [2.24, 2.45) is 0 Å². The van der Waals surface area contributed by atoms with Gasteiger partial charge in [-0.05, 0) is 64.4 Å². The number of hydrogen-bond donors (Lipinski definition) is 2. The topological polar surface area (TPSA) is 132 Å². The van der Waals surface area contributed by atoms with Crippen LogP contribution in [0.25, 0.3) is 0 Å². The van der Waals surface area contributed by atoms with Crippen molar-refractivity contribution in [3.63, 3.8) is 0 Å². The summed E-state index contributed by atoms with van der Waals surface area (Å²) in [6.07, 6.45) is 0.310. The van der Waals surface area contributed by atoms with Gasteiger partial charge in [0.15, 0.2) is 17.3 Å². The van der Waals surface area contributed by atoms with Gasteiger partial charge < -0.3 is 29.4 Å². The zero-order valence-electron chi connectivity index (χ0n) is 25.3. The Labute approximate surface area is 246 Å². The molecule has 0 radical (unpaired) electrons. The smallest absolute Gasteiger partial charge is 0.248 e. The number of carbonyl (C=O) groups is 3. The van der Waals surface area contributed by atoms with Crippen molar-refractivity contribution in [1.82, 2.24) is 10.5 Å². The van der Waals surface area contributed by atoms with E-state index in [0.29, 0.717) is 47.3 Å². The van der Waals surface area contributed by atoms with Crippen LogP contribution < -0.4 is 29.7 Å². The van der Waals surface area contributed by atoms with Gasteiger partial charge in [0.2, 0.25) is 17.7 Å². The third kappa shape index (κ3) is 8.02. The number of amides is 3. The SMILES string of the molecule is CCOc1ccc(N(C(=O)CCC(=O)Nc2cc(C)on2)[C@H](C(=O)NC(C)(C)CC)c2cccc(OC)c2OC)cc1. The minimum atomic E-state index is -1.16. The van der Waals surface area contributed by atoms with Gasteiger partial charge in [0.05, 0.1) is 20.8 Å². The molecular formula is C31H40N4O7. The first-order valence-electron chi connectivity index (χ1n) is 13.8. The van der Waals surface area contributed by atoms with Crippen LogP contribution in [-0.2, 0) is 14.4 Å². The highest BCUT2D eigenvalue weighted by molar-refractivity contribution is 6.03. The van der Waals surface area contributed by atoms with Gasteiger partial charge in [-0.3, -0.25) is 19.3 Å². The zero-order chi connectivity index (χ0) is 30.9. The molecule has 1 atom stereocenters. The second kappa shape index (κ2) is 14.4. The minimum Gasteiger partial charge on any atom is -0.494 e. The lowest BCUT2D eigenvalue weighted by molar-refractivity contribution is -0.128. The molecule has 0 aliphatic heterocycles. The summed E-state index contributed by atoms with van der Waals surface area (Å²) in [5, 5.41) is 9.47. The standard InChI is InChI=1S/C31H40N4O7/c1-8-31(4,5)33-30(38)28(23-11-10-12-24(39-6)29(23)40-7)35(21-13-15-22(16-14-21)41-9-2)27(37)18-17-26(36)32-25-19-20(3)42-34-25/h10-16,19,28H,8-9,17-18H2,1-7H3,(H,33,38)(H,32,34,36)/t28-/m0/s1. The molecule has 0 fully saturated rings. The number of aromatic nitrogens is 1. The van der Waals surface area contributed by atoms with Gasteiger partial charge in [-0.1, -0.05) is 24.2 Å². The van der Waals surface area contributed by atoms with Crippen molar-refractivity contribution in [2.45, 2.75) is 65.5 Å². The molecule has 2 aromatic carbocycles. The predicted molar refractivity (Wildman–Crippen MR) is 159 cm³/mol. The number of para-hydroxylation sites is 1. The number of hydrogen-bond acceptors (Lipinski definition) is 8. The number of methoxy groups -OCH3 is 2. The van der Waals surface area contributed by atoms with Crippen LogP contribution in [0.15, 0.2) is 53.1 Å². The van der Waals surface area contributed by atoms with E-state index < -0.39 is 29.3 Å². The van der Waals surface area contributed by atoms with Crippen LogP contribution in [-0.4, -0.2) is 49.2 Å². The van der Waals surface area contributed by atoms with E-state index in [-0.39, 0.29) is 18.7 Å². The van der Waals surface area contributed by atoms with Crippen molar-refractivity contribution >= 4 is 29.2 Å². The lowest BCUT2D eigenvalue weighted by atomic mass is 9.97. The van der Waals surface area contributed by atoms with Gasteiger partial charge in [-0.15, -0.1) is 0 Å². The highest BCUT2D eigenvalue weighted by Crippen LogP contribution is 2.40. The Morgan fingerprint density at radius 2 is 1.74 bits per heavy atom. The Hall–Kier alpha value is -4.54. The number of rotatable bonds is 14. The third-order valence-corrected chi connectivity index (χ3v) is 6.74. The number of nitrogens with zero attached hydrogens (tertiary/aromatic N) is 2. The zero-order valence-corrected chi connectivity index (χ0v) is 25.3. The number of benzene rings is 2. The van der Waals surface area contributed by atoms with Gasteiger partial charge >= 0.3 is 0 Å². The van der Waals surface area contributed by atoms with Crippen molar-refractivity contribution in [1.29, 1.82) is 0 Å². The first kappa shape index (κ1) is 32.0. The monoisotopic (exact) mass is 580 g/mol. The first-order chi connectivity index (χ1) is 20.0. The van der Waals surface area contributed by atoms with Gasteiger partial charge in [-0.2, -0.15) is 0 Å². The fourth-order valence-electron chi connectivity index (χ4n) is 4.29. The lowest BCUT2D eigenvalue weighted by Gasteiger charge is -2.35. The van der Waals surface area contributed by atoms with E-state index in [1.165, 1.54) is 19.1 Å². The molecule has 226 valence electrons. The molecule has 42 heavy (non-hydrogen) atoms. The van der Waals surface area contributed by atoms with Gasteiger partial charge in [0.1, 0.15) is 17.6 Å². The second-order valence-electron chi connectivity index (χ2n) is 10.3. The van der Waals surface area contributed by atoms with Crippen LogP contribution >= 0.6 is 0 Å². The molecule has 0 bridgehead atoms. The van der Waals surface area contributed by atoms with Gasteiger partial charge in [0, 0.05) is 35.7 Å². The maximum Gasteiger partial charge on any atom is 0.248 e. The summed E-state index contributed by atoms with van der Waals surface area (Å²) in [4.78, 5) is 42.3. The molecule has 3 aromatic rings. The Morgan fingerprint density at radius 1 is 1.02 bits per heavy atom. The third-order valence-electron chi connectivity index (χ3n) is 6.74. The van der Waals surface area contributed by atoms with Crippen LogP contribution in [0.4, 0.5) is 11.5 Å². The molecule has 0 unspecified atom stereocenters. The maximum absolute atomic E-state index is 14.1. The summed E-state index contributed by atoms with van der Waals surface area (Å²) < 4.78 is 21.8. The Morgan fingerprint density at radius 3 is 2.31 bits per heavy atom. The largest absolute Gasteiger partial charge is 0.494 e. The molecule has 0 aliphatic carbocycles. The molecule has 3 rings (SSSR count). The summed E-state index contributed by atoms with van der Waals surface area (Å²) in [6.45, 7) is 9.83. The molecule has 0 spiro atoms. The average molecular weight is 581 g/mol. The van der Waals surface area contributed by atoms with Crippen LogP contribution in [0.2, 0.25) is 0 Å². The van der Waals surface area contributed by atoms with E-state index >= 15 is 0 Å². The molecule has 0 aliphatic rings. The first-order valence-corrected chi connectivity index (χ1v) is 13.8. The summed E-state index contributed by atoms with van der Waals surface area (Å²) in [5.41, 5.74) is 0.297. The Balaban J connectivity index is 2.08. The molecule has 1 aromatic heterocycles. The highest BCUT2D eigenvalue weighted by atomic mass is 16.5. The summed E-state index contributed by atoms with van der Waals surface area (Å²) in [5.74, 6) is 0.843. The molecule has 11 nitrogen and oxygen atoms in total. The fourth-order valence-corrected chi connectivity index (χ4v) is 4.29. The van der Waals surface area contributed by atoms with Crippen molar-refractivity contribution in [3.05, 3.63) is 59.9 Å². The Bertz CT molecular complexity index is 1370. The van der Waals surface area contributed by atoms with E-state index in [1.807, 2.05) is 27.7 Å². The highest BCUT2D eigenvalue weighted by Gasteiger charge is 2.37. The average Bonchev–Trinajstić information content (AvgIpc) is 3.38. The fraction of sp³-hybridized carbons (Fsp3) is 0.419. The number of aryl methyl sites for hydroxylation is 1. The quantitative estimate of drug-likeness (QED) is 0.266. The molecule has 3 amide bonds. The van der Waals surface area contributed by atoms with Crippen molar-refractivity contribution in [3.8, 4) is 17.2 Å². The van der Waals surface area contributed by atoms with E-state index in [0.717, 1.165) is 0 Å². The molecule has 0 saturated heterocycles.